The standard InChI is InChI=1S/C19H21ClN2O4/c1-10-15(11(2)21-16(10)19(25)26-5)17(23)12(3)22(4)18(24)13-6-8-14(20)9-7-13/h6-9,12,21H,1-5H3/t12-/m1/s1. The average Bonchev–Trinajstić information content (AvgIpc) is 2.93. The van der Waals surface area contributed by atoms with Gasteiger partial charge in [0.05, 0.1) is 13.2 Å². The number of benzene rings is 1. The highest BCUT2D eigenvalue weighted by Gasteiger charge is 2.29. The summed E-state index contributed by atoms with van der Waals surface area (Å²) in [5, 5.41) is 0.530. The van der Waals surface area contributed by atoms with Crippen molar-refractivity contribution in [3.05, 3.63) is 57.4 Å². The molecule has 0 aliphatic rings. The van der Waals surface area contributed by atoms with Crippen LogP contribution in [0, 0.1) is 13.8 Å². The number of hydrogen-bond donors (Lipinski definition) is 1. The Kier molecular flexibility index (Phi) is 5.87. The number of aromatic amines is 1. The lowest BCUT2D eigenvalue weighted by Crippen LogP contribution is -2.40. The number of nitrogens with zero attached hydrogens (tertiary/aromatic N) is 1. The summed E-state index contributed by atoms with van der Waals surface area (Å²) < 4.78 is 4.72. The molecule has 1 atom stereocenters. The molecule has 0 saturated heterocycles. The molecule has 1 amide bonds. The van der Waals surface area contributed by atoms with Crippen molar-refractivity contribution >= 4 is 29.3 Å². The van der Waals surface area contributed by atoms with Crippen molar-refractivity contribution in [1.82, 2.24) is 9.88 Å². The SMILES string of the molecule is COC(=O)c1[nH]c(C)c(C(=O)[C@@H](C)N(C)C(=O)c2ccc(Cl)cc2)c1C. The van der Waals surface area contributed by atoms with Gasteiger partial charge in [-0.2, -0.15) is 0 Å². The molecule has 7 heteroatoms. The number of methoxy groups -OCH3 is 1. The molecule has 2 aromatic rings. The number of likely N-dealkylation sites (N-methyl/N-ethyl adjacent to an activating group) is 1. The molecule has 0 fully saturated rings. The van der Waals surface area contributed by atoms with Crippen LogP contribution >= 0.6 is 11.6 Å². The first-order valence-corrected chi connectivity index (χ1v) is 8.41. The van der Waals surface area contributed by atoms with E-state index in [2.05, 4.69) is 4.98 Å². The second kappa shape index (κ2) is 7.74. The molecule has 1 N–H and O–H groups in total. The second-order valence-electron chi connectivity index (χ2n) is 6.08. The zero-order valence-electron chi connectivity index (χ0n) is 15.3. The van der Waals surface area contributed by atoms with E-state index in [1.165, 1.54) is 12.0 Å². The minimum Gasteiger partial charge on any atom is -0.464 e. The monoisotopic (exact) mass is 376 g/mol. The first-order valence-electron chi connectivity index (χ1n) is 8.03. The highest BCUT2D eigenvalue weighted by atomic mass is 35.5. The van der Waals surface area contributed by atoms with Crippen LogP contribution in [0.15, 0.2) is 24.3 Å². The number of carbonyl (C=O) groups is 3. The van der Waals surface area contributed by atoms with Gasteiger partial charge in [0.2, 0.25) is 0 Å². The molecule has 0 aliphatic carbocycles. The fraction of sp³-hybridized carbons (Fsp3) is 0.316. The first kappa shape index (κ1) is 19.7. The minimum absolute atomic E-state index is 0.243. The molecule has 0 saturated carbocycles. The Bertz CT molecular complexity index is 855. The van der Waals surface area contributed by atoms with Gasteiger partial charge in [0, 0.05) is 28.9 Å². The van der Waals surface area contributed by atoms with Crippen molar-refractivity contribution in [1.29, 1.82) is 0 Å². The van der Waals surface area contributed by atoms with Crippen LogP contribution in [0.4, 0.5) is 0 Å². The molecule has 2 rings (SSSR count). The predicted molar refractivity (Wildman–Crippen MR) is 98.9 cm³/mol. The van der Waals surface area contributed by atoms with E-state index >= 15 is 0 Å². The van der Waals surface area contributed by atoms with Crippen LogP contribution in [-0.4, -0.2) is 47.7 Å². The number of ether oxygens (including phenoxy) is 1. The van der Waals surface area contributed by atoms with E-state index in [0.29, 0.717) is 27.4 Å². The second-order valence-corrected chi connectivity index (χ2v) is 6.52. The smallest absolute Gasteiger partial charge is 0.354 e. The number of rotatable bonds is 5. The molecule has 1 aromatic heterocycles. The molecule has 0 bridgehead atoms. The number of hydrogen-bond acceptors (Lipinski definition) is 4. The normalized spacial score (nSPS) is 11.8. The topological polar surface area (TPSA) is 79.5 Å². The van der Waals surface area contributed by atoms with E-state index in [0.717, 1.165) is 0 Å². The summed E-state index contributed by atoms with van der Waals surface area (Å²) in [4.78, 5) is 41.6. The van der Waals surface area contributed by atoms with Gasteiger partial charge in [-0.05, 0) is 50.6 Å². The van der Waals surface area contributed by atoms with E-state index < -0.39 is 12.0 Å². The number of amides is 1. The number of aromatic nitrogens is 1. The number of aryl methyl sites for hydroxylation is 1. The van der Waals surface area contributed by atoms with Gasteiger partial charge in [0.15, 0.2) is 5.78 Å². The van der Waals surface area contributed by atoms with Crippen molar-refractivity contribution < 1.29 is 19.1 Å². The van der Waals surface area contributed by atoms with Crippen molar-refractivity contribution in [3.8, 4) is 0 Å². The summed E-state index contributed by atoms with van der Waals surface area (Å²) >= 11 is 5.84. The van der Waals surface area contributed by atoms with E-state index in [4.69, 9.17) is 16.3 Å². The Hall–Kier alpha value is -2.60. The van der Waals surface area contributed by atoms with Crippen LogP contribution in [0.3, 0.4) is 0 Å². The summed E-state index contributed by atoms with van der Waals surface area (Å²) in [6.07, 6.45) is 0. The summed E-state index contributed by atoms with van der Waals surface area (Å²) in [6, 6.07) is 5.76. The Morgan fingerprint density at radius 3 is 2.27 bits per heavy atom. The van der Waals surface area contributed by atoms with Gasteiger partial charge in [-0.25, -0.2) is 4.79 Å². The summed E-state index contributed by atoms with van der Waals surface area (Å²) in [5.74, 6) is -1.08. The lowest BCUT2D eigenvalue weighted by Gasteiger charge is -2.24. The van der Waals surface area contributed by atoms with E-state index in [1.54, 1.807) is 52.1 Å². The third-order valence-corrected chi connectivity index (χ3v) is 4.70. The van der Waals surface area contributed by atoms with Gasteiger partial charge < -0.3 is 14.6 Å². The zero-order valence-corrected chi connectivity index (χ0v) is 16.1. The molecule has 0 aliphatic heterocycles. The number of carbonyl (C=O) groups excluding carboxylic acids is 3. The Morgan fingerprint density at radius 2 is 1.73 bits per heavy atom. The van der Waals surface area contributed by atoms with E-state index in [9.17, 15) is 14.4 Å². The minimum atomic E-state index is -0.711. The summed E-state index contributed by atoms with van der Waals surface area (Å²) in [6.45, 7) is 5.04. The lowest BCUT2D eigenvalue weighted by molar-refractivity contribution is 0.0593. The fourth-order valence-corrected chi connectivity index (χ4v) is 2.91. The molecule has 138 valence electrons. The third-order valence-electron chi connectivity index (χ3n) is 4.45. The zero-order chi connectivity index (χ0) is 19.6. The van der Waals surface area contributed by atoms with Gasteiger partial charge in [-0.1, -0.05) is 11.6 Å². The molecule has 0 radical (unpaired) electrons. The molecule has 0 spiro atoms. The van der Waals surface area contributed by atoms with Crippen LogP contribution in [0.2, 0.25) is 5.02 Å². The van der Waals surface area contributed by atoms with Gasteiger partial charge in [0.25, 0.3) is 5.91 Å². The average molecular weight is 377 g/mol. The largest absolute Gasteiger partial charge is 0.464 e. The predicted octanol–water partition coefficient (Wildman–Crippen LogP) is 3.41. The van der Waals surface area contributed by atoms with Crippen LogP contribution in [0.1, 0.15) is 49.4 Å². The van der Waals surface area contributed by atoms with Crippen LogP contribution in [0.25, 0.3) is 0 Å². The van der Waals surface area contributed by atoms with E-state index in [-0.39, 0.29) is 17.4 Å². The van der Waals surface area contributed by atoms with Crippen molar-refractivity contribution in [3.63, 3.8) is 0 Å². The number of ketones is 1. The van der Waals surface area contributed by atoms with Crippen molar-refractivity contribution in [2.75, 3.05) is 14.2 Å². The van der Waals surface area contributed by atoms with Crippen molar-refractivity contribution in [2.24, 2.45) is 0 Å². The lowest BCUT2D eigenvalue weighted by atomic mass is 9.99. The number of nitrogens with one attached hydrogen (secondary N) is 1. The highest BCUT2D eigenvalue weighted by Crippen LogP contribution is 2.22. The van der Waals surface area contributed by atoms with Gasteiger partial charge >= 0.3 is 5.97 Å². The maximum absolute atomic E-state index is 13.0. The molecule has 6 nitrogen and oxygen atoms in total. The fourth-order valence-electron chi connectivity index (χ4n) is 2.78. The molecule has 1 heterocycles. The van der Waals surface area contributed by atoms with Crippen LogP contribution in [-0.2, 0) is 4.74 Å². The molecular formula is C19H21ClN2O4. The Morgan fingerprint density at radius 1 is 1.15 bits per heavy atom. The molecule has 26 heavy (non-hydrogen) atoms. The quantitative estimate of drug-likeness (QED) is 0.640. The Balaban J connectivity index is 2.29. The molecule has 1 aromatic carbocycles. The highest BCUT2D eigenvalue weighted by molar-refractivity contribution is 6.30. The van der Waals surface area contributed by atoms with Gasteiger partial charge in [-0.15, -0.1) is 0 Å². The first-order chi connectivity index (χ1) is 12.2. The van der Waals surface area contributed by atoms with Gasteiger partial charge in [0.1, 0.15) is 5.69 Å². The summed E-state index contributed by atoms with van der Waals surface area (Å²) in [5.41, 5.74) is 2.15. The van der Waals surface area contributed by atoms with Gasteiger partial charge in [-0.3, -0.25) is 9.59 Å². The molecule has 0 unspecified atom stereocenters. The number of esters is 1. The molecular weight excluding hydrogens is 356 g/mol. The maximum atomic E-state index is 13.0. The van der Waals surface area contributed by atoms with E-state index in [1.807, 2.05) is 0 Å². The maximum Gasteiger partial charge on any atom is 0.354 e. The Labute approximate surface area is 157 Å². The number of halogens is 1. The van der Waals surface area contributed by atoms with Crippen molar-refractivity contribution in [2.45, 2.75) is 26.8 Å². The third kappa shape index (κ3) is 3.65. The summed E-state index contributed by atoms with van der Waals surface area (Å²) in [7, 11) is 2.85. The number of H-pyrrole nitrogens is 1. The van der Waals surface area contributed by atoms with Crippen LogP contribution in [0.5, 0.6) is 0 Å². The number of Topliss-reactive ketones (excluding diaryl/α,β-unsaturated/α-hetero) is 1. The van der Waals surface area contributed by atoms with Crippen LogP contribution < -0.4 is 0 Å².